The van der Waals surface area contributed by atoms with E-state index in [2.05, 4.69) is 5.32 Å². The van der Waals surface area contributed by atoms with Gasteiger partial charge in [-0.05, 0) is 62.7 Å². The fraction of sp³-hybridized carbons (Fsp3) is 0.310. The number of sulfonamides is 1. The molecule has 2 amide bonds. The zero-order chi connectivity index (χ0) is 29.4. The summed E-state index contributed by atoms with van der Waals surface area (Å²) in [5.74, 6) is -0.333. The van der Waals surface area contributed by atoms with Crippen molar-refractivity contribution in [3.8, 4) is 11.5 Å². The minimum absolute atomic E-state index is 0.0514. The van der Waals surface area contributed by atoms with Gasteiger partial charge in [-0.2, -0.15) is 0 Å². The van der Waals surface area contributed by atoms with Crippen LogP contribution in [0.5, 0.6) is 11.5 Å². The number of nitrogens with zero attached hydrogens (tertiary/aromatic N) is 2. The van der Waals surface area contributed by atoms with Crippen molar-refractivity contribution in [3.63, 3.8) is 0 Å². The third kappa shape index (κ3) is 7.25. The highest BCUT2D eigenvalue weighted by Gasteiger charge is 2.33. The topological polar surface area (TPSA) is 105 Å². The van der Waals surface area contributed by atoms with E-state index in [4.69, 9.17) is 21.1 Å². The summed E-state index contributed by atoms with van der Waals surface area (Å²) in [5.41, 5.74) is 1.91. The van der Waals surface area contributed by atoms with Crippen LogP contribution in [-0.2, 0) is 26.2 Å². The Bertz CT molecular complexity index is 1450. The van der Waals surface area contributed by atoms with Gasteiger partial charge in [0.2, 0.25) is 11.8 Å². The predicted molar refractivity (Wildman–Crippen MR) is 155 cm³/mol. The number of halogens is 1. The van der Waals surface area contributed by atoms with Crippen molar-refractivity contribution in [1.29, 1.82) is 0 Å². The van der Waals surface area contributed by atoms with Gasteiger partial charge >= 0.3 is 0 Å². The Kier molecular flexibility index (Phi) is 10.4. The van der Waals surface area contributed by atoms with Crippen molar-refractivity contribution in [2.45, 2.75) is 38.3 Å². The molecule has 0 bridgehead atoms. The Hall–Kier alpha value is -3.76. The van der Waals surface area contributed by atoms with Gasteiger partial charge in [-0.3, -0.25) is 13.9 Å². The maximum Gasteiger partial charge on any atom is 0.264 e. The van der Waals surface area contributed by atoms with E-state index in [9.17, 15) is 18.0 Å². The molecule has 0 saturated carbocycles. The van der Waals surface area contributed by atoms with Gasteiger partial charge < -0.3 is 19.7 Å². The summed E-state index contributed by atoms with van der Waals surface area (Å²) in [7, 11) is -1.40. The van der Waals surface area contributed by atoms with Gasteiger partial charge in [-0.15, -0.1) is 0 Å². The van der Waals surface area contributed by atoms with Crippen molar-refractivity contribution in [2.75, 3.05) is 31.6 Å². The van der Waals surface area contributed by atoms with Crippen LogP contribution in [0.25, 0.3) is 0 Å². The quantitative estimate of drug-likeness (QED) is 0.336. The molecule has 11 heteroatoms. The standard InChI is InChI=1S/C29H34ClN3O6S/c1-6-31-29(35)21(3)32(18-22-8-7-9-23(30)16-22)28(34)19-33(24-12-10-20(2)11-13-24)40(36,37)25-14-15-26(38-4)27(17-25)39-5/h7-17,21H,6,18-19H2,1-5H3,(H,31,35). The van der Waals surface area contributed by atoms with E-state index in [1.807, 2.05) is 6.92 Å². The second-order valence-corrected chi connectivity index (χ2v) is 11.4. The van der Waals surface area contributed by atoms with Crippen molar-refractivity contribution >= 4 is 39.1 Å². The number of nitrogens with one attached hydrogen (secondary N) is 1. The van der Waals surface area contributed by atoms with E-state index in [1.54, 1.807) is 62.4 Å². The van der Waals surface area contributed by atoms with Gasteiger partial charge in [0.05, 0.1) is 24.8 Å². The average molecular weight is 588 g/mol. The first-order chi connectivity index (χ1) is 19.0. The minimum atomic E-state index is -4.26. The molecule has 40 heavy (non-hydrogen) atoms. The van der Waals surface area contributed by atoms with E-state index in [-0.39, 0.29) is 23.1 Å². The SMILES string of the molecule is CCNC(=O)C(C)N(Cc1cccc(Cl)c1)C(=O)CN(c1ccc(C)cc1)S(=O)(=O)c1ccc(OC)c(OC)c1. The maximum absolute atomic E-state index is 14.0. The van der Waals surface area contributed by atoms with Crippen molar-refractivity contribution in [3.05, 3.63) is 82.9 Å². The number of rotatable bonds is 12. The fourth-order valence-corrected chi connectivity index (χ4v) is 5.72. The molecule has 0 saturated heterocycles. The zero-order valence-corrected chi connectivity index (χ0v) is 24.8. The summed E-state index contributed by atoms with van der Waals surface area (Å²) >= 11 is 6.16. The molecule has 9 nitrogen and oxygen atoms in total. The molecule has 0 heterocycles. The zero-order valence-electron chi connectivity index (χ0n) is 23.2. The van der Waals surface area contributed by atoms with Gasteiger partial charge in [-0.25, -0.2) is 8.42 Å². The van der Waals surface area contributed by atoms with Crippen LogP contribution >= 0.6 is 11.6 Å². The van der Waals surface area contributed by atoms with E-state index in [0.29, 0.717) is 28.6 Å². The lowest BCUT2D eigenvalue weighted by atomic mass is 10.1. The van der Waals surface area contributed by atoms with Gasteiger partial charge in [-0.1, -0.05) is 41.4 Å². The first kappa shape index (κ1) is 30.8. The highest BCUT2D eigenvalue weighted by molar-refractivity contribution is 7.92. The summed E-state index contributed by atoms with van der Waals surface area (Å²) in [4.78, 5) is 28.0. The monoisotopic (exact) mass is 587 g/mol. The molecule has 1 N–H and O–H groups in total. The Balaban J connectivity index is 2.07. The maximum atomic E-state index is 14.0. The first-order valence-corrected chi connectivity index (χ1v) is 14.5. The molecule has 1 atom stereocenters. The summed E-state index contributed by atoms with van der Waals surface area (Å²) in [6.07, 6.45) is 0. The highest BCUT2D eigenvalue weighted by Crippen LogP contribution is 2.32. The van der Waals surface area contributed by atoms with Gasteiger partial charge in [0.25, 0.3) is 10.0 Å². The smallest absolute Gasteiger partial charge is 0.264 e. The summed E-state index contributed by atoms with van der Waals surface area (Å²) in [6.45, 7) is 5.14. The molecule has 0 radical (unpaired) electrons. The summed E-state index contributed by atoms with van der Waals surface area (Å²) in [6, 6.07) is 17.1. The molecule has 3 aromatic rings. The Morgan fingerprint density at radius 3 is 2.25 bits per heavy atom. The van der Waals surface area contributed by atoms with Gasteiger partial charge in [0.1, 0.15) is 12.6 Å². The van der Waals surface area contributed by atoms with E-state index < -0.39 is 28.5 Å². The van der Waals surface area contributed by atoms with E-state index in [0.717, 1.165) is 9.87 Å². The Labute approximate surface area is 240 Å². The third-order valence-corrected chi connectivity index (χ3v) is 8.31. The lowest BCUT2D eigenvalue weighted by molar-refractivity contribution is -0.139. The minimum Gasteiger partial charge on any atom is -0.493 e. The van der Waals surface area contributed by atoms with E-state index in [1.165, 1.54) is 37.3 Å². The van der Waals surface area contributed by atoms with E-state index >= 15 is 0 Å². The van der Waals surface area contributed by atoms with Crippen molar-refractivity contribution in [1.82, 2.24) is 10.2 Å². The summed E-state index contributed by atoms with van der Waals surface area (Å²) < 4.78 is 39.6. The lowest BCUT2D eigenvalue weighted by Crippen LogP contribution is -2.51. The molecule has 3 aromatic carbocycles. The van der Waals surface area contributed by atoms with Crippen LogP contribution in [0.15, 0.2) is 71.6 Å². The first-order valence-electron chi connectivity index (χ1n) is 12.6. The fourth-order valence-electron chi connectivity index (χ4n) is 4.08. The average Bonchev–Trinajstić information content (AvgIpc) is 2.94. The lowest BCUT2D eigenvalue weighted by Gasteiger charge is -2.32. The van der Waals surface area contributed by atoms with Crippen LogP contribution in [0, 0.1) is 6.92 Å². The molecule has 3 rings (SSSR count). The molecule has 0 fully saturated rings. The number of hydrogen-bond acceptors (Lipinski definition) is 6. The normalized spacial score (nSPS) is 11.8. The highest BCUT2D eigenvalue weighted by atomic mass is 35.5. The van der Waals surface area contributed by atoms with Gasteiger partial charge in [0, 0.05) is 24.2 Å². The number of amides is 2. The number of carbonyl (C=O) groups is 2. The molecule has 0 aliphatic rings. The molecule has 0 aliphatic carbocycles. The molecular weight excluding hydrogens is 554 g/mol. The Morgan fingerprint density at radius 2 is 1.65 bits per heavy atom. The number of ether oxygens (including phenoxy) is 2. The van der Waals surface area contributed by atoms with Crippen LogP contribution < -0.4 is 19.1 Å². The van der Waals surface area contributed by atoms with Crippen LogP contribution in [0.2, 0.25) is 5.02 Å². The third-order valence-electron chi connectivity index (χ3n) is 6.30. The number of benzene rings is 3. The van der Waals surface area contributed by atoms with Gasteiger partial charge in [0.15, 0.2) is 11.5 Å². The number of aryl methyl sites for hydroxylation is 1. The van der Waals surface area contributed by atoms with Crippen LogP contribution in [0.1, 0.15) is 25.0 Å². The Morgan fingerprint density at radius 1 is 0.975 bits per heavy atom. The molecule has 214 valence electrons. The number of methoxy groups -OCH3 is 2. The number of anilines is 1. The van der Waals surface area contributed by atoms with Crippen LogP contribution in [-0.4, -0.2) is 58.5 Å². The second-order valence-electron chi connectivity index (χ2n) is 9.09. The molecular formula is C29H34ClN3O6S. The van der Waals surface area contributed by atoms with Crippen molar-refractivity contribution in [2.24, 2.45) is 0 Å². The van der Waals surface area contributed by atoms with Crippen molar-refractivity contribution < 1.29 is 27.5 Å². The molecule has 0 spiro atoms. The number of hydrogen-bond donors (Lipinski definition) is 1. The second kappa shape index (κ2) is 13.5. The molecule has 1 unspecified atom stereocenters. The number of carbonyl (C=O) groups excluding carboxylic acids is 2. The summed E-state index contributed by atoms with van der Waals surface area (Å²) in [5, 5.41) is 3.21. The molecule has 0 aliphatic heterocycles. The van der Waals surface area contributed by atoms with Crippen LogP contribution in [0.4, 0.5) is 5.69 Å². The molecule has 0 aromatic heterocycles. The van der Waals surface area contributed by atoms with Crippen LogP contribution in [0.3, 0.4) is 0 Å². The number of likely N-dealkylation sites (N-methyl/N-ethyl adjacent to an activating group) is 1. The largest absolute Gasteiger partial charge is 0.493 e. The predicted octanol–water partition coefficient (Wildman–Crippen LogP) is 4.41.